The van der Waals surface area contributed by atoms with Crippen LogP contribution in [0.25, 0.3) is 0 Å². The van der Waals surface area contributed by atoms with Gasteiger partial charge in [-0.25, -0.2) is 0 Å². The maximum atomic E-state index is 12.0. The van der Waals surface area contributed by atoms with E-state index in [1.807, 2.05) is 36.4 Å². The lowest BCUT2D eigenvalue weighted by atomic mass is 9.92. The van der Waals surface area contributed by atoms with Gasteiger partial charge in [-0.05, 0) is 17.5 Å². The van der Waals surface area contributed by atoms with Crippen molar-refractivity contribution in [1.82, 2.24) is 10.6 Å². The summed E-state index contributed by atoms with van der Waals surface area (Å²) in [5, 5.41) is 5.62. The quantitative estimate of drug-likeness (QED) is 0.784. The maximum Gasteiger partial charge on any atom is 0.221 e. The van der Waals surface area contributed by atoms with Crippen molar-refractivity contribution in [2.45, 2.75) is 25.7 Å². The Balaban J connectivity index is 1.94. The molecule has 0 radical (unpaired) electrons. The Kier molecular flexibility index (Phi) is 7.02. The molecule has 0 aliphatic rings. The summed E-state index contributed by atoms with van der Waals surface area (Å²) in [6, 6.07) is 20.5. The van der Waals surface area contributed by atoms with Crippen LogP contribution in [0.3, 0.4) is 0 Å². The minimum absolute atomic E-state index is 0.0438. The molecule has 0 heterocycles. The molecule has 2 aromatic carbocycles. The molecule has 4 nitrogen and oxygen atoms in total. The first kappa shape index (κ1) is 17.7. The molecular formula is C20H24N2O2. The predicted molar refractivity (Wildman–Crippen MR) is 95.6 cm³/mol. The zero-order chi connectivity index (χ0) is 17.2. The molecule has 0 aliphatic heterocycles. The molecule has 0 fully saturated rings. The third-order valence-corrected chi connectivity index (χ3v) is 3.87. The average molecular weight is 324 g/mol. The van der Waals surface area contributed by atoms with E-state index in [4.69, 9.17) is 0 Å². The van der Waals surface area contributed by atoms with E-state index in [1.165, 1.54) is 18.1 Å². The molecule has 0 bridgehead atoms. The van der Waals surface area contributed by atoms with Crippen LogP contribution in [-0.2, 0) is 16.0 Å². The summed E-state index contributed by atoms with van der Waals surface area (Å²) in [6.07, 6.45) is 1.17. The second-order valence-corrected chi connectivity index (χ2v) is 5.83. The fraction of sp³-hybridized carbons (Fsp3) is 0.300. The number of hydrogen-bond acceptors (Lipinski definition) is 2. The monoisotopic (exact) mass is 324 g/mol. The van der Waals surface area contributed by atoms with Crippen LogP contribution in [0.4, 0.5) is 0 Å². The van der Waals surface area contributed by atoms with Crippen LogP contribution in [0.2, 0.25) is 0 Å². The second kappa shape index (κ2) is 9.50. The molecule has 2 aromatic rings. The van der Waals surface area contributed by atoms with Gasteiger partial charge in [0.05, 0.1) is 0 Å². The van der Waals surface area contributed by atoms with E-state index in [0.29, 0.717) is 19.5 Å². The van der Waals surface area contributed by atoms with Gasteiger partial charge in [0.25, 0.3) is 0 Å². The largest absolute Gasteiger partial charge is 0.356 e. The van der Waals surface area contributed by atoms with E-state index in [-0.39, 0.29) is 17.7 Å². The molecule has 0 saturated carbocycles. The van der Waals surface area contributed by atoms with Gasteiger partial charge in [0, 0.05) is 32.4 Å². The van der Waals surface area contributed by atoms with E-state index in [1.54, 1.807) is 0 Å². The van der Waals surface area contributed by atoms with E-state index in [2.05, 4.69) is 34.9 Å². The van der Waals surface area contributed by atoms with Crippen LogP contribution in [0.1, 0.15) is 30.4 Å². The van der Waals surface area contributed by atoms with Crippen molar-refractivity contribution in [2.24, 2.45) is 0 Å². The van der Waals surface area contributed by atoms with Crippen LogP contribution in [0.5, 0.6) is 0 Å². The molecule has 24 heavy (non-hydrogen) atoms. The lowest BCUT2D eigenvalue weighted by Crippen LogP contribution is -2.32. The third kappa shape index (κ3) is 6.24. The van der Waals surface area contributed by atoms with Gasteiger partial charge in [-0.3, -0.25) is 9.59 Å². The smallest absolute Gasteiger partial charge is 0.221 e. The molecule has 0 saturated heterocycles. The maximum absolute atomic E-state index is 12.0. The molecule has 0 spiro atoms. The zero-order valence-corrected chi connectivity index (χ0v) is 14.0. The fourth-order valence-electron chi connectivity index (χ4n) is 2.61. The van der Waals surface area contributed by atoms with Gasteiger partial charge in [0.15, 0.2) is 0 Å². The normalized spacial score (nSPS) is 11.5. The molecule has 2 amide bonds. The Hall–Kier alpha value is -2.62. The lowest BCUT2D eigenvalue weighted by Gasteiger charge is -2.18. The molecular weight excluding hydrogens is 300 g/mol. The van der Waals surface area contributed by atoms with E-state index in [0.717, 1.165) is 6.42 Å². The van der Waals surface area contributed by atoms with E-state index < -0.39 is 0 Å². The van der Waals surface area contributed by atoms with Crippen molar-refractivity contribution in [3.05, 3.63) is 71.8 Å². The first-order chi connectivity index (χ1) is 11.6. The molecule has 2 rings (SSSR count). The summed E-state index contributed by atoms with van der Waals surface area (Å²) in [6.45, 7) is 2.40. The van der Waals surface area contributed by atoms with Crippen LogP contribution in [0, 0.1) is 0 Å². The van der Waals surface area contributed by atoms with E-state index >= 15 is 0 Å². The van der Waals surface area contributed by atoms with Crippen LogP contribution >= 0.6 is 0 Å². The molecule has 2 N–H and O–H groups in total. The fourth-order valence-corrected chi connectivity index (χ4v) is 2.61. The summed E-state index contributed by atoms with van der Waals surface area (Å²) in [5.74, 6) is 0.0603. The minimum atomic E-state index is -0.117. The molecule has 0 aromatic heterocycles. The van der Waals surface area contributed by atoms with E-state index in [9.17, 15) is 9.59 Å². The second-order valence-electron chi connectivity index (χ2n) is 5.83. The van der Waals surface area contributed by atoms with Crippen molar-refractivity contribution in [2.75, 3.05) is 13.1 Å². The summed E-state index contributed by atoms with van der Waals surface area (Å²) in [5.41, 5.74) is 2.46. The highest BCUT2D eigenvalue weighted by Crippen LogP contribution is 2.20. The summed E-state index contributed by atoms with van der Waals surface area (Å²) in [7, 11) is 0. The van der Waals surface area contributed by atoms with Crippen LogP contribution in [-0.4, -0.2) is 24.9 Å². The molecule has 0 aliphatic carbocycles. The Labute approximate surface area is 143 Å². The van der Waals surface area contributed by atoms with Gasteiger partial charge < -0.3 is 10.6 Å². The molecule has 1 atom stereocenters. The number of hydrogen-bond donors (Lipinski definition) is 2. The van der Waals surface area contributed by atoms with Gasteiger partial charge >= 0.3 is 0 Å². The van der Waals surface area contributed by atoms with Crippen molar-refractivity contribution >= 4 is 11.8 Å². The standard InChI is InChI=1S/C20H24N2O2/c1-16(23)21-13-12-20(24)22-15-19(18-10-6-3-7-11-18)14-17-8-4-2-5-9-17/h2-11,19H,12-15H2,1H3,(H,21,23)(H,22,24). The number of benzene rings is 2. The van der Waals surface area contributed by atoms with Crippen molar-refractivity contribution < 1.29 is 9.59 Å². The third-order valence-electron chi connectivity index (χ3n) is 3.87. The van der Waals surface area contributed by atoms with Gasteiger partial charge in [-0.2, -0.15) is 0 Å². The number of nitrogens with one attached hydrogen (secondary N) is 2. The highest BCUT2D eigenvalue weighted by molar-refractivity contribution is 5.77. The van der Waals surface area contributed by atoms with Crippen LogP contribution in [0.15, 0.2) is 60.7 Å². The SMILES string of the molecule is CC(=O)NCCC(=O)NCC(Cc1ccccc1)c1ccccc1. The van der Waals surface area contributed by atoms with Gasteiger partial charge in [0.2, 0.25) is 11.8 Å². The number of carbonyl (C=O) groups is 2. The highest BCUT2D eigenvalue weighted by Gasteiger charge is 2.13. The lowest BCUT2D eigenvalue weighted by molar-refractivity contribution is -0.121. The number of carbonyl (C=O) groups excluding carboxylic acids is 2. The molecule has 126 valence electrons. The predicted octanol–water partition coefficient (Wildman–Crippen LogP) is 2.66. The van der Waals surface area contributed by atoms with Gasteiger partial charge in [-0.1, -0.05) is 60.7 Å². The topological polar surface area (TPSA) is 58.2 Å². The Morgan fingerprint density at radius 1 is 0.917 bits per heavy atom. The summed E-state index contributed by atoms with van der Waals surface area (Å²) >= 11 is 0. The van der Waals surface area contributed by atoms with Gasteiger partial charge in [-0.15, -0.1) is 0 Å². The Morgan fingerprint density at radius 3 is 2.17 bits per heavy atom. The van der Waals surface area contributed by atoms with Crippen molar-refractivity contribution in [1.29, 1.82) is 0 Å². The van der Waals surface area contributed by atoms with Crippen molar-refractivity contribution in [3.8, 4) is 0 Å². The summed E-state index contributed by atoms with van der Waals surface area (Å²) in [4.78, 5) is 22.8. The number of amides is 2. The molecule has 1 unspecified atom stereocenters. The minimum Gasteiger partial charge on any atom is -0.356 e. The highest BCUT2D eigenvalue weighted by atomic mass is 16.2. The number of rotatable bonds is 8. The van der Waals surface area contributed by atoms with Crippen molar-refractivity contribution in [3.63, 3.8) is 0 Å². The molecule has 4 heteroatoms. The van der Waals surface area contributed by atoms with Gasteiger partial charge in [0.1, 0.15) is 0 Å². The zero-order valence-electron chi connectivity index (χ0n) is 14.0. The Morgan fingerprint density at radius 2 is 1.54 bits per heavy atom. The average Bonchev–Trinajstić information content (AvgIpc) is 2.60. The first-order valence-electron chi connectivity index (χ1n) is 8.25. The first-order valence-corrected chi connectivity index (χ1v) is 8.25. The Bertz CT molecular complexity index is 641. The van der Waals surface area contributed by atoms with Crippen LogP contribution < -0.4 is 10.6 Å². The summed E-state index contributed by atoms with van der Waals surface area (Å²) < 4.78 is 0.